The Morgan fingerprint density at radius 1 is 1.24 bits per heavy atom. The lowest BCUT2D eigenvalue weighted by Gasteiger charge is -2.35. The third-order valence-electron chi connectivity index (χ3n) is 3.62. The second-order valence-corrected chi connectivity index (χ2v) is 6.11. The van der Waals surface area contributed by atoms with Crippen LogP contribution in [0.15, 0.2) is 23.3 Å². The molecule has 2 rings (SSSR count). The zero-order valence-corrected chi connectivity index (χ0v) is 15.5. The Kier molecular flexibility index (Phi) is 6.13. The number of rotatable bonds is 5. The van der Waals surface area contributed by atoms with Gasteiger partial charge in [0.15, 0.2) is 11.6 Å². The molecule has 7 nitrogen and oxygen atoms in total. The molecule has 25 heavy (non-hydrogen) atoms. The molecule has 0 saturated heterocycles. The first-order valence-corrected chi connectivity index (χ1v) is 8.40. The summed E-state index contributed by atoms with van der Waals surface area (Å²) in [4.78, 5) is 24.3. The molecule has 1 aromatic rings. The van der Waals surface area contributed by atoms with Crippen LogP contribution in [0, 0.1) is 0 Å². The van der Waals surface area contributed by atoms with Crippen LogP contribution in [0.3, 0.4) is 0 Å². The molecule has 2 unspecified atom stereocenters. The van der Waals surface area contributed by atoms with Gasteiger partial charge in [-0.25, -0.2) is 14.6 Å². The average molecular weight is 389 g/mol. The van der Waals surface area contributed by atoms with Gasteiger partial charge in [-0.1, -0.05) is 23.2 Å². The third-order valence-corrected chi connectivity index (χ3v) is 4.16. The second kappa shape index (κ2) is 7.93. The molecular formula is C16H18Cl2N2O5. The van der Waals surface area contributed by atoms with Gasteiger partial charge in [-0.15, -0.1) is 0 Å². The summed E-state index contributed by atoms with van der Waals surface area (Å²) in [6.07, 6.45) is -0.588. The number of halogens is 2. The molecule has 1 heterocycles. The van der Waals surface area contributed by atoms with Gasteiger partial charge < -0.3 is 14.2 Å². The van der Waals surface area contributed by atoms with Gasteiger partial charge in [0.25, 0.3) is 0 Å². The maximum absolute atomic E-state index is 12.6. The van der Waals surface area contributed by atoms with E-state index in [1.807, 2.05) is 0 Å². The summed E-state index contributed by atoms with van der Waals surface area (Å²) in [6, 6.07) is 4.76. The molecule has 0 aliphatic carbocycles. The van der Waals surface area contributed by atoms with Crippen molar-refractivity contribution in [2.75, 3.05) is 18.2 Å². The van der Waals surface area contributed by atoms with E-state index in [1.165, 1.54) is 17.3 Å². The van der Waals surface area contributed by atoms with E-state index in [0.717, 1.165) is 0 Å². The van der Waals surface area contributed by atoms with Gasteiger partial charge >= 0.3 is 12.1 Å². The Labute approximate surface area is 155 Å². The van der Waals surface area contributed by atoms with E-state index in [2.05, 4.69) is 5.10 Å². The largest absolute Gasteiger partial charge is 0.509 e. The number of benzene rings is 1. The highest BCUT2D eigenvalue weighted by Crippen LogP contribution is 2.38. The number of carbonyl (C=O) groups excluding carboxylic acids is 2. The van der Waals surface area contributed by atoms with Crippen molar-refractivity contribution in [3.8, 4) is 0 Å². The lowest BCUT2D eigenvalue weighted by Crippen LogP contribution is -2.57. The highest BCUT2D eigenvalue weighted by molar-refractivity contribution is 6.36. The lowest BCUT2D eigenvalue weighted by atomic mass is 9.95. The monoisotopic (exact) mass is 388 g/mol. The van der Waals surface area contributed by atoms with Gasteiger partial charge in [-0.05, 0) is 39.0 Å². The van der Waals surface area contributed by atoms with Crippen LogP contribution in [0.4, 0.5) is 10.5 Å². The highest BCUT2D eigenvalue weighted by atomic mass is 35.5. The summed E-state index contributed by atoms with van der Waals surface area (Å²) in [5.41, 5.74) is -1.02. The van der Waals surface area contributed by atoms with Gasteiger partial charge in [-0.3, -0.25) is 0 Å². The minimum atomic E-state index is -1.44. The Balaban J connectivity index is 2.40. The van der Waals surface area contributed by atoms with Crippen molar-refractivity contribution < 1.29 is 23.8 Å². The second-order valence-electron chi connectivity index (χ2n) is 5.26. The van der Waals surface area contributed by atoms with Crippen LogP contribution in [-0.2, 0) is 19.0 Å². The lowest BCUT2D eigenvalue weighted by molar-refractivity contribution is -0.151. The number of hydrogen-bond acceptors (Lipinski definition) is 7. The zero-order valence-electron chi connectivity index (χ0n) is 14.0. The van der Waals surface area contributed by atoms with Crippen molar-refractivity contribution in [3.05, 3.63) is 28.2 Å². The average Bonchev–Trinajstić information content (AvgIpc) is 2.86. The third kappa shape index (κ3) is 3.82. The van der Waals surface area contributed by atoms with Crippen LogP contribution in [0.25, 0.3) is 0 Å². The van der Waals surface area contributed by atoms with Gasteiger partial charge in [0.05, 0.1) is 30.1 Å². The van der Waals surface area contributed by atoms with Crippen LogP contribution in [0.2, 0.25) is 10.0 Å². The zero-order chi connectivity index (χ0) is 18.6. The van der Waals surface area contributed by atoms with E-state index in [9.17, 15) is 9.59 Å². The predicted octanol–water partition coefficient (Wildman–Crippen LogP) is 3.66. The molecule has 0 radical (unpaired) electrons. The summed E-state index contributed by atoms with van der Waals surface area (Å²) < 4.78 is 15.2. The van der Waals surface area contributed by atoms with Crippen molar-refractivity contribution in [2.24, 2.45) is 5.10 Å². The molecule has 0 aromatic heterocycles. The fourth-order valence-electron chi connectivity index (χ4n) is 2.36. The Bertz CT molecular complexity index is 697. The molecule has 1 aliphatic heterocycles. The summed E-state index contributed by atoms with van der Waals surface area (Å²) in [6.45, 7) is 5.17. The smallest absolute Gasteiger partial charge is 0.464 e. The summed E-state index contributed by atoms with van der Waals surface area (Å²) in [5.74, 6) is -0.618. The number of ether oxygens (including phenoxy) is 3. The Morgan fingerprint density at radius 3 is 2.52 bits per heavy atom. The molecule has 0 fully saturated rings. The van der Waals surface area contributed by atoms with E-state index < -0.39 is 23.8 Å². The maximum atomic E-state index is 12.6. The van der Waals surface area contributed by atoms with Crippen molar-refractivity contribution in [3.63, 3.8) is 0 Å². The number of anilines is 1. The molecule has 0 spiro atoms. The van der Waals surface area contributed by atoms with Crippen molar-refractivity contribution in [1.82, 2.24) is 0 Å². The molecule has 1 aromatic carbocycles. The molecule has 0 amide bonds. The van der Waals surface area contributed by atoms with Crippen LogP contribution in [0.5, 0.6) is 0 Å². The predicted molar refractivity (Wildman–Crippen MR) is 94.4 cm³/mol. The highest BCUT2D eigenvalue weighted by Gasteiger charge is 2.54. The molecule has 0 N–H and O–H groups in total. The molecule has 9 heteroatoms. The van der Waals surface area contributed by atoms with Crippen LogP contribution >= 0.6 is 23.2 Å². The maximum Gasteiger partial charge on any atom is 0.509 e. The fourth-order valence-corrected chi connectivity index (χ4v) is 2.85. The molecular weight excluding hydrogens is 371 g/mol. The number of esters is 1. The normalized spacial score (nSPS) is 22.0. The number of carbonyl (C=O) groups is 2. The SMILES string of the molecule is CCOC(=O)OC1C=NN(c2ccc(Cl)cc2Cl)C1(C)C(=O)OCC. The van der Waals surface area contributed by atoms with E-state index in [0.29, 0.717) is 10.7 Å². The summed E-state index contributed by atoms with van der Waals surface area (Å²) >= 11 is 12.2. The van der Waals surface area contributed by atoms with E-state index in [4.69, 9.17) is 37.4 Å². The molecule has 0 bridgehead atoms. The number of hydrazone groups is 1. The van der Waals surface area contributed by atoms with Gasteiger partial charge in [0.2, 0.25) is 0 Å². The first kappa shape index (κ1) is 19.3. The van der Waals surface area contributed by atoms with Crippen molar-refractivity contribution in [2.45, 2.75) is 32.4 Å². The topological polar surface area (TPSA) is 77.4 Å². The first-order chi connectivity index (χ1) is 11.8. The van der Waals surface area contributed by atoms with Gasteiger partial charge in [0.1, 0.15) is 0 Å². The first-order valence-electron chi connectivity index (χ1n) is 7.64. The summed E-state index contributed by atoms with van der Waals surface area (Å²) in [5, 5.41) is 6.28. The molecule has 136 valence electrons. The van der Waals surface area contributed by atoms with Crippen LogP contribution < -0.4 is 5.01 Å². The van der Waals surface area contributed by atoms with Gasteiger partial charge in [-0.2, -0.15) is 5.10 Å². The van der Waals surface area contributed by atoms with Crippen LogP contribution in [0.1, 0.15) is 20.8 Å². The Morgan fingerprint density at radius 2 is 1.92 bits per heavy atom. The quantitative estimate of drug-likeness (QED) is 0.716. The van der Waals surface area contributed by atoms with E-state index >= 15 is 0 Å². The number of hydrogen-bond donors (Lipinski definition) is 0. The van der Waals surface area contributed by atoms with E-state index in [-0.39, 0.29) is 18.2 Å². The number of nitrogens with zero attached hydrogens (tertiary/aromatic N) is 2. The molecule has 1 aliphatic rings. The fraction of sp³-hybridized carbons (Fsp3) is 0.438. The molecule has 0 saturated carbocycles. The van der Waals surface area contributed by atoms with E-state index in [1.54, 1.807) is 32.9 Å². The van der Waals surface area contributed by atoms with Crippen molar-refractivity contribution in [1.29, 1.82) is 0 Å². The minimum absolute atomic E-state index is 0.144. The molecule has 2 atom stereocenters. The minimum Gasteiger partial charge on any atom is -0.464 e. The van der Waals surface area contributed by atoms with Crippen molar-refractivity contribution >= 4 is 47.2 Å². The summed E-state index contributed by atoms with van der Waals surface area (Å²) in [7, 11) is 0. The standard InChI is InChI=1S/C16H18Cl2N2O5/c1-4-23-14(21)16(3)13(25-15(22)24-5-2)9-19-20(16)12-7-6-10(17)8-11(12)18/h6-9,13H,4-5H2,1-3H3. The Hall–Kier alpha value is -1.99. The van der Waals surface area contributed by atoms with Gasteiger partial charge in [0, 0.05) is 5.02 Å². The van der Waals surface area contributed by atoms with Crippen LogP contribution in [-0.4, -0.2) is 43.2 Å².